The van der Waals surface area contributed by atoms with Gasteiger partial charge in [0.1, 0.15) is 5.82 Å². The van der Waals surface area contributed by atoms with E-state index in [2.05, 4.69) is 14.9 Å². The molecule has 0 unspecified atom stereocenters. The van der Waals surface area contributed by atoms with E-state index < -0.39 is 0 Å². The molecule has 1 aromatic rings. The predicted molar refractivity (Wildman–Crippen MR) is 51.7 cm³/mol. The largest absolute Gasteiger partial charge is 0.352 e. The normalized spacial score (nSPS) is 17.3. The number of hydrogen-bond acceptors (Lipinski definition) is 4. The third-order valence-corrected chi connectivity index (χ3v) is 2.41. The number of aryl methyl sites for hydroxylation is 2. The fourth-order valence-corrected chi connectivity index (χ4v) is 1.38. The lowest BCUT2D eigenvalue weighted by Gasteiger charge is -2.37. The molecule has 2 rings (SSSR count). The average molecular weight is 178 g/mol. The van der Waals surface area contributed by atoms with E-state index in [0.717, 1.165) is 30.3 Å². The number of anilines is 1. The van der Waals surface area contributed by atoms with Crippen molar-refractivity contribution in [2.24, 2.45) is 5.73 Å². The topological polar surface area (TPSA) is 55.0 Å². The number of aromatic nitrogens is 2. The van der Waals surface area contributed by atoms with Crippen molar-refractivity contribution >= 4 is 5.82 Å². The minimum atomic E-state index is 0.309. The Balaban J connectivity index is 2.18. The molecular weight excluding hydrogens is 164 g/mol. The molecule has 1 saturated heterocycles. The Kier molecular flexibility index (Phi) is 1.92. The van der Waals surface area contributed by atoms with Crippen LogP contribution in [0.4, 0.5) is 5.82 Å². The standard InChI is InChI=1S/C9H14N4/c1-6-7(2)12-9(3-11-6)13-4-8(10)5-13/h3,8H,4-5,10H2,1-2H3. The van der Waals surface area contributed by atoms with Crippen LogP contribution in [0.25, 0.3) is 0 Å². The quantitative estimate of drug-likeness (QED) is 0.669. The highest BCUT2D eigenvalue weighted by atomic mass is 15.3. The van der Waals surface area contributed by atoms with Crippen molar-refractivity contribution in [3.8, 4) is 0 Å². The first-order valence-electron chi connectivity index (χ1n) is 4.47. The van der Waals surface area contributed by atoms with Gasteiger partial charge in [0.05, 0.1) is 17.6 Å². The molecule has 0 aromatic carbocycles. The monoisotopic (exact) mass is 178 g/mol. The fourth-order valence-electron chi connectivity index (χ4n) is 1.38. The summed E-state index contributed by atoms with van der Waals surface area (Å²) in [7, 11) is 0. The Bertz CT molecular complexity index is 317. The molecule has 0 atom stereocenters. The highest BCUT2D eigenvalue weighted by Crippen LogP contribution is 2.17. The summed E-state index contributed by atoms with van der Waals surface area (Å²) in [6, 6.07) is 0.309. The Morgan fingerprint density at radius 2 is 2.08 bits per heavy atom. The first kappa shape index (κ1) is 8.44. The van der Waals surface area contributed by atoms with E-state index in [1.54, 1.807) is 0 Å². The molecule has 1 fully saturated rings. The lowest BCUT2D eigenvalue weighted by atomic mass is 10.1. The Morgan fingerprint density at radius 3 is 2.62 bits per heavy atom. The van der Waals surface area contributed by atoms with Crippen LogP contribution in [-0.4, -0.2) is 29.1 Å². The fraction of sp³-hybridized carbons (Fsp3) is 0.556. The molecule has 0 radical (unpaired) electrons. The predicted octanol–water partition coefficient (Wildman–Crippen LogP) is 0.241. The van der Waals surface area contributed by atoms with Crippen molar-refractivity contribution < 1.29 is 0 Å². The number of rotatable bonds is 1. The molecule has 0 spiro atoms. The van der Waals surface area contributed by atoms with Crippen molar-refractivity contribution in [3.63, 3.8) is 0 Å². The molecule has 0 saturated carbocycles. The Hall–Kier alpha value is -1.16. The van der Waals surface area contributed by atoms with Gasteiger partial charge in [0.15, 0.2) is 0 Å². The van der Waals surface area contributed by atoms with E-state index in [4.69, 9.17) is 5.73 Å². The number of nitrogens with zero attached hydrogens (tertiary/aromatic N) is 3. The first-order chi connectivity index (χ1) is 6.16. The van der Waals surface area contributed by atoms with E-state index in [9.17, 15) is 0 Å². The lowest BCUT2D eigenvalue weighted by molar-refractivity contribution is 0.513. The lowest BCUT2D eigenvalue weighted by Crippen LogP contribution is -2.56. The SMILES string of the molecule is Cc1ncc(N2CC(N)C2)nc1C. The first-order valence-corrected chi connectivity index (χ1v) is 4.47. The maximum atomic E-state index is 5.68. The Morgan fingerprint density at radius 1 is 1.38 bits per heavy atom. The molecule has 70 valence electrons. The summed E-state index contributed by atoms with van der Waals surface area (Å²) in [6.07, 6.45) is 1.81. The van der Waals surface area contributed by atoms with Gasteiger partial charge in [-0.25, -0.2) is 4.98 Å². The van der Waals surface area contributed by atoms with Crippen molar-refractivity contribution in [1.29, 1.82) is 0 Å². The molecule has 2 N–H and O–H groups in total. The molecule has 13 heavy (non-hydrogen) atoms. The number of nitrogens with two attached hydrogens (primary N) is 1. The van der Waals surface area contributed by atoms with Crippen LogP contribution < -0.4 is 10.6 Å². The zero-order chi connectivity index (χ0) is 9.42. The highest BCUT2D eigenvalue weighted by molar-refractivity contribution is 5.41. The van der Waals surface area contributed by atoms with Crippen LogP contribution in [0.3, 0.4) is 0 Å². The van der Waals surface area contributed by atoms with E-state index in [-0.39, 0.29) is 0 Å². The Labute approximate surface area is 77.8 Å². The van der Waals surface area contributed by atoms with Gasteiger partial charge in [0, 0.05) is 19.1 Å². The van der Waals surface area contributed by atoms with Gasteiger partial charge in [-0.15, -0.1) is 0 Å². The van der Waals surface area contributed by atoms with E-state index in [1.807, 2.05) is 20.0 Å². The second-order valence-corrected chi connectivity index (χ2v) is 3.56. The zero-order valence-electron chi connectivity index (χ0n) is 7.99. The maximum Gasteiger partial charge on any atom is 0.147 e. The molecule has 4 heteroatoms. The zero-order valence-corrected chi connectivity index (χ0v) is 7.99. The van der Waals surface area contributed by atoms with Crippen LogP contribution in [0, 0.1) is 13.8 Å². The average Bonchev–Trinajstić information content (AvgIpc) is 2.05. The van der Waals surface area contributed by atoms with Gasteiger partial charge in [-0.2, -0.15) is 0 Å². The molecular formula is C9H14N4. The van der Waals surface area contributed by atoms with Crippen LogP contribution in [0.2, 0.25) is 0 Å². The summed E-state index contributed by atoms with van der Waals surface area (Å²) in [6.45, 7) is 5.74. The van der Waals surface area contributed by atoms with Gasteiger partial charge >= 0.3 is 0 Å². The molecule has 1 aromatic heterocycles. The summed E-state index contributed by atoms with van der Waals surface area (Å²) >= 11 is 0. The third kappa shape index (κ3) is 1.49. The van der Waals surface area contributed by atoms with Gasteiger partial charge in [-0.3, -0.25) is 4.98 Å². The molecule has 0 bridgehead atoms. The summed E-state index contributed by atoms with van der Waals surface area (Å²) in [5.41, 5.74) is 7.68. The molecule has 0 amide bonds. The van der Waals surface area contributed by atoms with Crippen molar-refractivity contribution in [1.82, 2.24) is 9.97 Å². The smallest absolute Gasteiger partial charge is 0.147 e. The molecule has 2 heterocycles. The second kappa shape index (κ2) is 2.96. The highest BCUT2D eigenvalue weighted by Gasteiger charge is 2.24. The third-order valence-electron chi connectivity index (χ3n) is 2.41. The summed E-state index contributed by atoms with van der Waals surface area (Å²) < 4.78 is 0. The van der Waals surface area contributed by atoms with Gasteiger partial charge in [-0.1, -0.05) is 0 Å². The van der Waals surface area contributed by atoms with E-state index in [1.165, 1.54) is 0 Å². The van der Waals surface area contributed by atoms with Gasteiger partial charge in [-0.05, 0) is 13.8 Å². The van der Waals surface area contributed by atoms with Crippen molar-refractivity contribution in [2.45, 2.75) is 19.9 Å². The summed E-state index contributed by atoms with van der Waals surface area (Å²) in [4.78, 5) is 10.8. The van der Waals surface area contributed by atoms with Gasteiger partial charge in [0.2, 0.25) is 0 Å². The molecule has 1 aliphatic heterocycles. The molecule has 4 nitrogen and oxygen atoms in total. The van der Waals surface area contributed by atoms with Gasteiger partial charge < -0.3 is 10.6 Å². The van der Waals surface area contributed by atoms with Crippen LogP contribution in [0.15, 0.2) is 6.20 Å². The van der Waals surface area contributed by atoms with E-state index >= 15 is 0 Å². The van der Waals surface area contributed by atoms with Gasteiger partial charge in [0.25, 0.3) is 0 Å². The van der Waals surface area contributed by atoms with Crippen LogP contribution in [-0.2, 0) is 0 Å². The van der Waals surface area contributed by atoms with Crippen molar-refractivity contribution in [2.75, 3.05) is 18.0 Å². The second-order valence-electron chi connectivity index (χ2n) is 3.56. The van der Waals surface area contributed by atoms with Crippen LogP contribution >= 0.6 is 0 Å². The molecule has 1 aliphatic rings. The minimum Gasteiger partial charge on any atom is -0.352 e. The van der Waals surface area contributed by atoms with Crippen LogP contribution in [0.1, 0.15) is 11.4 Å². The minimum absolute atomic E-state index is 0.309. The summed E-state index contributed by atoms with van der Waals surface area (Å²) in [5.74, 6) is 0.949. The summed E-state index contributed by atoms with van der Waals surface area (Å²) in [5, 5.41) is 0. The maximum absolute atomic E-state index is 5.68. The number of hydrogen-bond donors (Lipinski definition) is 1. The van der Waals surface area contributed by atoms with Crippen molar-refractivity contribution in [3.05, 3.63) is 17.6 Å². The van der Waals surface area contributed by atoms with Crippen LogP contribution in [0.5, 0.6) is 0 Å². The van der Waals surface area contributed by atoms with E-state index in [0.29, 0.717) is 6.04 Å². The molecule has 0 aliphatic carbocycles.